The third-order valence-electron chi connectivity index (χ3n) is 2.81. The van der Waals surface area contributed by atoms with Crippen molar-refractivity contribution in [3.8, 4) is 0 Å². The Morgan fingerprint density at radius 2 is 1.77 bits per heavy atom. The van der Waals surface area contributed by atoms with Crippen molar-refractivity contribution in [2.75, 3.05) is 0 Å². The van der Waals surface area contributed by atoms with Crippen molar-refractivity contribution in [1.29, 1.82) is 0 Å². The molecule has 0 spiro atoms. The molecule has 0 aliphatic carbocycles. The number of esters is 1. The van der Waals surface area contributed by atoms with Crippen LogP contribution >= 0.6 is 11.6 Å². The molecule has 0 unspecified atom stereocenters. The van der Waals surface area contributed by atoms with Gasteiger partial charge in [0.25, 0.3) is 5.69 Å². The third-order valence-corrected chi connectivity index (χ3v) is 3.06. The van der Waals surface area contributed by atoms with Gasteiger partial charge in [0.1, 0.15) is 6.61 Å². The van der Waals surface area contributed by atoms with Crippen LogP contribution in [0.5, 0.6) is 0 Å². The molecule has 0 atom stereocenters. The minimum atomic E-state index is -0.492. The average Bonchev–Trinajstić information content (AvgIpc) is 2.52. The highest BCUT2D eigenvalue weighted by Gasteiger charge is 2.03. The number of rotatable bonds is 5. The molecule has 2 aromatic carbocycles. The molecule has 0 N–H and O–H groups in total. The van der Waals surface area contributed by atoms with Gasteiger partial charge in [-0.05, 0) is 41.5 Å². The fraction of sp³-hybridized carbons (Fsp3) is 0.0625. The highest BCUT2D eigenvalue weighted by Crippen LogP contribution is 2.13. The molecule has 6 heteroatoms. The number of nitro benzene ring substituents is 1. The van der Waals surface area contributed by atoms with E-state index in [1.54, 1.807) is 36.4 Å². The number of carbonyl (C=O) groups excluding carboxylic acids is 1. The van der Waals surface area contributed by atoms with Crippen molar-refractivity contribution in [2.24, 2.45) is 0 Å². The molecule has 0 saturated carbocycles. The Kier molecular flexibility index (Phi) is 5.27. The summed E-state index contributed by atoms with van der Waals surface area (Å²) in [5.74, 6) is -0.492. The van der Waals surface area contributed by atoms with Crippen LogP contribution in [0.15, 0.2) is 54.6 Å². The van der Waals surface area contributed by atoms with Gasteiger partial charge in [-0.15, -0.1) is 0 Å². The predicted molar refractivity (Wildman–Crippen MR) is 83.4 cm³/mol. The second-order valence-corrected chi connectivity index (χ2v) is 4.85. The van der Waals surface area contributed by atoms with Gasteiger partial charge in [-0.25, -0.2) is 4.79 Å². The summed E-state index contributed by atoms with van der Waals surface area (Å²) in [6, 6.07) is 12.8. The molecule has 0 bridgehead atoms. The summed E-state index contributed by atoms with van der Waals surface area (Å²) in [6.07, 6.45) is 2.81. The molecule has 0 aliphatic rings. The lowest BCUT2D eigenvalue weighted by Crippen LogP contribution is -2.00. The van der Waals surface area contributed by atoms with Crippen LogP contribution in [0.4, 0.5) is 5.69 Å². The molecule has 0 amide bonds. The number of hydrogen-bond acceptors (Lipinski definition) is 4. The van der Waals surface area contributed by atoms with Crippen molar-refractivity contribution in [3.05, 3.63) is 80.9 Å². The van der Waals surface area contributed by atoms with E-state index in [4.69, 9.17) is 16.3 Å². The van der Waals surface area contributed by atoms with Gasteiger partial charge < -0.3 is 4.74 Å². The molecule has 2 rings (SSSR count). The smallest absolute Gasteiger partial charge is 0.331 e. The Hall–Kier alpha value is -2.66. The number of non-ortho nitro benzene ring substituents is 1. The van der Waals surface area contributed by atoms with Crippen LogP contribution in [-0.2, 0) is 16.1 Å². The van der Waals surface area contributed by atoms with Crippen molar-refractivity contribution < 1.29 is 14.5 Å². The van der Waals surface area contributed by atoms with E-state index in [1.807, 2.05) is 0 Å². The van der Waals surface area contributed by atoms with Crippen LogP contribution in [0.25, 0.3) is 6.08 Å². The number of nitro groups is 1. The molecule has 0 aromatic heterocycles. The Labute approximate surface area is 131 Å². The van der Waals surface area contributed by atoms with Gasteiger partial charge in [0, 0.05) is 23.2 Å². The molecule has 0 radical (unpaired) electrons. The van der Waals surface area contributed by atoms with Crippen LogP contribution < -0.4 is 0 Å². The maximum absolute atomic E-state index is 11.6. The Morgan fingerprint density at radius 3 is 2.36 bits per heavy atom. The summed E-state index contributed by atoms with van der Waals surface area (Å²) < 4.78 is 5.07. The minimum absolute atomic E-state index is 0.00228. The van der Waals surface area contributed by atoms with Gasteiger partial charge >= 0.3 is 5.97 Å². The van der Waals surface area contributed by atoms with Crippen molar-refractivity contribution in [3.63, 3.8) is 0 Å². The zero-order valence-electron chi connectivity index (χ0n) is 11.4. The zero-order chi connectivity index (χ0) is 15.9. The molecular weight excluding hydrogens is 306 g/mol. The van der Waals surface area contributed by atoms with E-state index in [9.17, 15) is 14.9 Å². The first-order chi connectivity index (χ1) is 10.5. The van der Waals surface area contributed by atoms with E-state index in [0.29, 0.717) is 10.6 Å². The van der Waals surface area contributed by atoms with Crippen molar-refractivity contribution in [2.45, 2.75) is 6.61 Å². The van der Waals surface area contributed by atoms with Gasteiger partial charge in [0.15, 0.2) is 0 Å². The summed E-state index contributed by atoms with van der Waals surface area (Å²) in [4.78, 5) is 21.6. The second-order valence-electron chi connectivity index (χ2n) is 4.42. The summed E-state index contributed by atoms with van der Waals surface area (Å²) in [5, 5.41) is 11.1. The lowest BCUT2D eigenvalue weighted by atomic mass is 10.2. The van der Waals surface area contributed by atoms with Gasteiger partial charge in [0.2, 0.25) is 0 Å². The predicted octanol–water partition coefficient (Wildman–Crippen LogP) is 4.00. The number of nitrogens with zero attached hydrogens (tertiary/aromatic N) is 1. The maximum Gasteiger partial charge on any atom is 0.331 e. The summed E-state index contributed by atoms with van der Waals surface area (Å²) in [5.41, 5.74) is 1.51. The second kappa shape index (κ2) is 7.38. The lowest BCUT2D eigenvalue weighted by Gasteiger charge is -2.02. The SMILES string of the molecule is O=C(/C=C/c1ccc([N+](=O)[O-])cc1)OCc1ccc(Cl)cc1. The largest absolute Gasteiger partial charge is 0.458 e. The first-order valence-corrected chi connectivity index (χ1v) is 6.76. The Morgan fingerprint density at radius 1 is 1.14 bits per heavy atom. The van der Waals surface area contributed by atoms with E-state index < -0.39 is 10.9 Å². The number of hydrogen-bond donors (Lipinski definition) is 0. The molecule has 0 saturated heterocycles. The van der Waals surface area contributed by atoms with E-state index in [0.717, 1.165) is 5.56 Å². The van der Waals surface area contributed by atoms with E-state index in [1.165, 1.54) is 24.3 Å². The summed E-state index contributed by atoms with van der Waals surface area (Å²) >= 11 is 5.76. The van der Waals surface area contributed by atoms with Gasteiger partial charge in [-0.3, -0.25) is 10.1 Å². The van der Waals surface area contributed by atoms with Crippen molar-refractivity contribution >= 4 is 29.3 Å². The molecule has 112 valence electrons. The molecule has 0 heterocycles. The average molecular weight is 318 g/mol. The topological polar surface area (TPSA) is 69.4 Å². The zero-order valence-corrected chi connectivity index (χ0v) is 12.2. The number of halogens is 1. The molecule has 5 nitrogen and oxygen atoms in total. The van der Waals surface area contributed by atoms with Crippen LogP contribution in [0.2, 0.25) is 5.02 Å². The molecule has 22 heavy (non-hydrogen) atoms. The summed E-state index contributed by atoms with van der Waals surface area (Å²) in [7, 11) is 0. The minimum Gasteiger partial charge on any atom is -0.458 e. The fourth-order valence-electron chi connectivity index (χ4n) is 1.65. The van der Waals surface area contributed by atoms with Gasteiger partial charge in [0.05, 0.1) is 4.92 Å². The van der Waals surface area contributed by atoms with Gasteiger partial charge in [-0.2, -0.15) is 0 Å². The number of benzene rings is 2. The van der Waals surface area contributed by atoms with Crippen LogP contribution in [0.3, 0.4) is 0 Å². The van der Waals surface area contributed by atoms with E-state index in [-0.39, 0.29) is 12.3 Å². The molecule has 0 aliphatic heterocycles. The quantitative estimate of drug-likeness (QED) is 0.361. The number of ether oxygens (including phenoxy) is 1. The first-order valence-electron chi connectivity index (χ1n) is 6.38. The van der Waals surface area contributed by atoms with E-state index >= 15 is 0 Å². The first kappa shape index (κ1) is 15.7. The molecule has 0 fully saturated rings. The Balaban J connectivity index is 1.88. The van der Waals surface area contributed by atoms with Crippen molar-refractivity contribution in [1.82, 2.24) is 0 Å². The van der Waals surface area contributed by atoms with Gasteiger partial charge in [-0.1, -0.05) is 23.7 Å². The highest BCUT2D eigenvalue weighted by molar-refractivity contribution is 6.30. The normalized spacial score (nSPS) is 10.6. The maximum atomic E-state index is 11.6. The molecular formula is C16H12ClNO4. The standard InChI is InChI=1S/C16H12ClNO4/c17-14-6-1-13(2-7-14)11-22-16(19)10-5-12-3-8-15(9-4-12)18(20)21/h1-10H,11H2/b10-5+. The summed E-state index contributed by atoms with van der Waals surface area (Å²) in [6.45, 7) is 0.153. The monoisotopic (exact) mass is 317 g/mol. The number of carbonyl (C=O) groups is 1. The van der Waals surface area contributed by atoms with Crippen LogP contribution in [0.1, 0.15) is 11.1 Å². The van der Waals surface area contributed by atoms with E-state index in [2.05, 4.69) is 0 Å². The Bertz CT molecular complexity index is 693. The third kappa shape index (κ3) is 4.71. The fourth-order valence-corrected chi connectivity index (χ4v) is 1.78. The lowest BCUT2D eigenvalue weighted by molar-refractivity contribution is -0.384. The van der Waals surface area contributed by atoms with Crippen LogP contribution in [0, 0.1) is 10.1 Å². The van der Waals surface area contributed by atoms with Crippen LogP contribution in [-0.4, -0.2) is 10.9 Å². The molecule has 2 aromatic rings. The highest BCUT2D eigenvalue weighted by atomic mass is 35.5.